The van der Waals surface area contributed by atoms with E-state index in [4.69, 9.17) is 0 Å². The van der Waals surface area contributed by atoms with Crippen LogP contribution in [0.2, 0.25) is 0 Å². The monoisotopic (exact) mass is 476 g/mol. The fourth-order valence-electron chi connectivity index (χ4n) is 4.72. The molecule has 4 aromatic rings. The SMILES string of the molecule is O=c1c(NC2CCN(Cc3cccc(-c4ccccc4)c3)CC2)nccn1C/C=C/c1ccccc1. The predicted molar refractivity (Wildman–Crippen MR) is 148 cm³/mol. The molecule has 0 spiro atoms. The molecule has 0 bridgehead atoms. The van der Waals surface area contributed by atoms with Crippen molar-refractivity contribution in [3.8, 4) is 11.1 Å². The lowest BCUT2D eigenvalue weighted by atomic mass is 10.0. The van der Waals surface area contributed by atoms with Crippen LogP contribution in [0.1, 0.15) is 24.0 Å². The second kappa shape index (κ2) is 11.6. The zero-order valence-corrected chi connectivity index (χ0v) is 20.5. The van der Waals surface area contributed by atoms with Gasteiger partial charge in [-0.25, -0.2) is 4.98 Å². The minimum atomic E-state index is -0.0737. The normalized spacial score (nSPS) is 14.8. The Bertz CT molecular complexity index is 1340. The van der Waals surface area contributed by atoms with Crippen molar-refractivity contribution < 1.29 is 0 Å². The van der Waals surface area contributed by atoms with Crippen LogP contribution in [0.15, 0.2) is 108 Å². The number of hydrogen-bond acceptors (Lipinski definition) is 4. The third-order valence-electron chi connectivity index (χ3n) is 6.69. The minimum Gasteiger partial charge on any atom is -0.363 e. The Morgan fingerprint density at radius 2 is 1.61 bits per heavy atom. The van der Waals surface area contributed by atoms with Gasteiger partial charge >= 0.3 is 0 Å². The quantitative estimate of drug-likeness (QED) is 0.354. The van der Waals surface area contributed by atoms with Crippen molar-refractivity contribution >= 4 is 11.9 Å². The van der Waals surface area contributed by atoms with Crippen molar-refractivity contribution in [2.24, 2.45) is 0 Å². The first kappa shape index (κ1) is 23.8. The molecule has 0 saturated carbocycles. The molecule has 1 aliphatic rings. The lowest BCUT2D eigenvalue weighted by molar-refractivity contribution is 0.211. The molecule has 0 atom stereocenters. The van der Waals surface area contributed by atoms with Gasteiger partial charge < -0.3 is 9.88 Å². The van der Waals surface area contributed by atoms with Crippen LogP contribution in [-0.2, 0) is 13.1 Å². The fourth-order valence-corrected chi connectivity index (χ4v) is 4.72. The lowest BCUT2D eigenvalue weighted by Crippen LogP contribution is -2.40. The van der Waals surface area contributed by atoms with Gasteiger partial charge in [-0.2, -0.15) is 0 Å². The summed E-state index contributed by atoms with van der Waals surface area (Å²) in [4.78, 5) is 19.8. The van der Waals surface area contributed by atoms with Crippen molar-refractivity contribution in [2.75, 3.05) is 18.4 Å². The van der Waals surface area contributed by atoms with E-state index in [-0.39, 0.29) is 11.6 Å². The Kier molecular flexibility index (Phi) is 7.69. The molecule has 1 N–H and O–H groups in total. The first-order valence-corrected chi connectivity index (χ1v) is 12.6. The van der Waals surface area contributed by atoms with Crippen LogP contribution in [0.5, 0.6) is 0 Å². The molecule has 1 fully saturated rings. The fraction of sp³-hybridized carbons (Fsp3) is 0.226. The molecule has 0 unspecified atom stereocenters. The van der Waals surface area contributed by atoms with E-state index < -0.39 is 0 Å². The number of likely N-dealkylation sites (tertiary alicyclic amines) is 1. The molecule has 1 aromatic heterocycles. The van der Waals surface area contributed by atoms with E-state index in [2.05, 4.69) is 69.8 Å². The number of rotatable bonds is 8. The largest absolute Gasteiger partial charge is 0.363 e. The molecule has 1 aliphatic heterocycles. The van der Waals surface area contributed by atoms with Crippen molar-refractivity contribution in [1.82, 2.24) is 14.5 Å². The summed E-state index contributed by atoms with van der Waals surface area (Å²) in [5.74, 6) is 0.444. The van der Waals surface area contributed by atoms with Gasteiger partial charge in [-0.1, -0.05) is 91.0 Å². The number of allylic oxidation sites excluding steroid dienone is 1. The van der Waals surface area contributed by atoms with Crippen LogP contribution in [0, 0.1) is 0 Å². The molecular formula is C31H32N4O. The second-order valence-electron chi connectivity index (χ2n) is 9.31. The van der Waals surface area contributed by atoms with Gasteiger partial charge in [0.1, 0.15) is 0 Å². The molecule has 3 aromatic carbocycles. The highest BCUT2D eigenvalue weighted by atomic mass is 16.1. The van der Waals surface area contributed by atoms with E-state index in [1.807, 2.05) is 42.5 Å². The number of piperidine rings is 1. The van der Waals surface area contributed by atoms with Crippen LogP contribution in [0.4, 0.5) is 5.82 Å². The maximum absolute atomic E-state index is 12.9. The van der Waals surface area contributed by atoms with Gasteiger partial charge in [0.05, 0.1) is 0 Å². The Balaban J connectivity index is 1.15. The van der Waals surface area contributed by atoms with E-state index in [0.29, 0.717) is 12.4 Å². The Morgan fingerprint density at radius 3 is 2.39 bits per heavy atom. The lowest BCUT2D eigenvalue weighted by Gasteiger charge is -2.32. The Labute approximate surface area is 212 Å². The summed E-state index contributed by atoms with van der Waals surface area (Å²) < 4.78 is 1.70. The molecule has 2 heterocycles. The Morgan fingerprint density at radius 1 is 0.889 bits per heavy atom. The average molecular weight is 477 g/mol. The molecular weight excluding hydrogens is 444 g/mol. The van der Waals surface area contributed by atoms with Gasteiger partial charge in [0.25, 0.3) is 5.56 Å². The van der Waals surface area contributed by atoms with E-state index in [9.17, 15) is 4.79 Å². The van der Waals surface area contributed by atoms with Crippen LogP contribution in [0.25, 0.3) is 17.2 Å². The standard InChI is InChI=1S/C31H32N4O/c36-31-30(32-18-22-35(31)19-8-12-25-9-3-1-4-10-25)33-29-16-20-34(21-17-29)24-26-11-7-15-28(23-26)27-13-5-2-6-14-27/h1-15,18,22-23,29H,16-17,19-21,24H2,(H,32,33)/b12-8+. The molecule has 5 nitrogen and oxygen atoms in total. The van der Waals surface area contributed by atoms with Crippen LogP contribution in [0.3, 0.4) is 0 Å². The first-order chi connectivity index (χ1) is 17.7. The van der Waals surface area contributed by atoms with Gasteiger partial charge in [0, 0.05) is 44.6 Å². The second-order valence-corrected chi connectivity index (χ2v) is 9.31. The number of hydrogen-bond donors (Lipinski definition) is 1. The number of nitrogens with one attached hydrogen (secondary N) is 1. The molecule has 182 valence electrons. The molecule has 1 saturated heterocycles. The molecule has 0 amide bonds. The number of anilines is 1. The summed E-state index contributed by atoms with van der Waals surface area (Å²) in [6, 6.07) is 29.7. The van der Waals surface area contributed by atoms with Gasteiger partial charge in [-0.15, -0.1) is 0 Å². The Hall–Kier alpha value is -3.96. The van der Waals surface area contributed by atoms with Gasteiger partial charge in [0.15, 0.2) is 5.82 Å². The van der Waals surface area contributed by atoms with Crippen LogP contribution < -0.4 is 10.9 Å². The minimum absolute atomic E-state index is 0.0737. The summed E-state index contributed by atoms with van der Waals surface area (Å²) in [5.41, 5.74) is 4.89. The van der Waals surface area contributed by atoms with Gasteiger partial charge in [0.2, 0.25) is 0 Å². The molecule has 0 radical (unpaired) electrons. The third kappa shape index (κ3) is 6.18. The van der Waals surface area contributed by atoms with Crippen molar-refractivity contribution in [3.63, 3.8) is 0 Å². The first-order valence-electron chi connectivity index (χ1n) is 12.6. The van der Waals surface area contributed by atoms with Crippen molar-refractivity contribution in [3.05, 3.63) is 125 Å². The summed E-state index contributed by atoms with van der Waals surface area (Å²) in [6.07, 6.45) is 9.46. The third-order valence-corrected chi connectivity index (χ3v) is 6.69. The van der Waals surface area contributed by atoms with E-state index in [1.54, 1.807) is 17.0 Å². The van der Waals surface area contributed by atoms with E-state index >= 15 is 0 Å². The number of nitrogens with zero attached hydrogens (tertiary/aromatic N) is 3. The van der Waals surface area contributed by atoms with E-state index in [0.717, 1.165) is 38.0 Å². The maximum Gasteiger partial charge on any atom is 0.293 e. The summed E-state index contributed by atoms with van der Waals surface area (Å²) >= 11 is 0. The van der Waals surface area contributed by atoms with Gasteiger partial charge in [-0.3, -0.25) is 9.69 Å². The highest BCUT2D eigenvalue weighted by molar-refractivity contribution is 5.63. The van der Waals surface area contributed by atoms with Crippen LogP contribution >= 0.6 is 0 Å². The highest BCUT2D eigenvalue weighted by Crippen LogP contribution is 2.22. The smallest absolute Gasteiger partial charge is 0.293 e. The summed E-state index contributed by atoms with van der Waals surface area (Å²) in [7, 11) is 0. The van der Waals surface area contributed by atoms with Crippen molar-refractivity contribution in [1.29, 1.82) is 0 Å². The van der Waals surface area contributed by atoms with Crippen molar-refractivity contribution in [2.45, 2.75) is 32.0 Å². The van der Waals surface area contributed by atoms with E-state index in [1.165, 1.54) is 16.7 Å². The summed E-state index contributed by atoms with van der Waals surface area (Å²) in [6.45, 7) is 3.45. The zero-order valence-electron chi connectivity index (χ0n) is 20.5. The number of aromatic nitrogens is 2. The molecule has 36 heavy (non-hydrogen) atoms. The van der Waals surface area contributed by atoms with Crippen LogP contribution in [-0.4, -0.2) is 33.6 Å². The topological polar surface area (TPSA) is 50.2 Å². The molecule has 0 aliphatic carbocycles. The summed E-state index contributed by atoms with van der Waals surface area (Å²) in [5, 5.41) is 3.42. The predicted octanol–water partition coefficient (Wildman–Crippen LogP) is 5.70. The average Bonchev–Trinajstić information content (AvgIpc) is 2.93. The number of benzene rings is 3. The molecule has 5 rings (SSSR count). The highest BCUT2D eigenvalue weighted by Gasteiger charge is 2.20. The molecule has 5 heteroatoms. The zero-order chi connectivity index (χ0) is 24.6. The van der Waals surface area contributed by atoms with Gasteiger partial charge in [-0.05, 0) is 41.2 Å². The maximum atomic E-state index is 12.9.